The molecule has 0 saturated heterocycles. The molecule has 2 N–H and O–H groups in total. The predicted octanol–water partition coefficient (Wildman–Crippen LogP) is 1.73. The summed E-state index contributed by atoms with van der Waals surface area (Å²) < 4.78 is 4.91. The number of hydrogen-bond acceptors (Lipinski definition) is 4. The normalized spacial score (nSPS) is 10.2. The van der Waals surface area contributed by atoms with Gasteiger partial charge in [-0.05, 0) is 18.6 Å². The zero-order valence-electron chi connectivity index (χ0n) is 7.69. The lowest BCUT2D eigenvalue weighted by atomic mass is 10.1. The fourth-order valence-electron chi connectivity index (χ4n) is 1.14. The van der Waals surface area contributed by atoms with Crippen molar-refractivity contribution in [2.24, 2.45) is 0 Å². The van der Waals surface area contributed by atoms with E-state index < -0.39 is 0 Å². The molecule has 1 aromatic rings. The molecule has 1 rings (SSSR count). The predicted molar refractivity (Wildman–Crippen MR) is 47.9 cm³/mol. The first kappa shape index (κ1) is 9.98. The number of anilines is 1. The van der Waals surface area contributed by atoms with E-state index in [2.05, 4.69) is 0 Å². The van der Waals surface area contributed by atoms with E-state index in [-0.39, 0.29) is 5.23 Å². The minimum absolute atomic E-state index is 0.112. The quantitative estimate of drug-likeness (QED) is 0.700. The van der Waals surface area contributed by atoms with Crippen LogP contribution in [0.3, 0.4) is 0 Å². The standard InChI is InChI=1S/C9H13NO3/c1-7-3-4-8(6-13-2)9(5-7)10(11)12/h3-5,11-12H,6H2,1-2H3. The van der Waals surface area contributed by atoms with Crippen LogP contribution in [0.1, 0.15) is 11.1 Å². The van der Waals surface area contributed by atoms with E-state index in [9.17, 15) is 0 Å². The summed E-state index contributed by atoms with van der Waals surface area (Å²) in [7, 11) is 1.56. The molecule has 13 heavy (non-hydrogen) atoms. The van der Waals surface area contributed by atoms with E-state index >= 15 is 0 Å². The monoisotopic (exact) mass is 183 g/mol. The van der Waals surface area contributed by atoms with Crippen LogP contribution in [-0.4, -0.2) is 17.5 Å². The summed E-state index contributed by atoms with van der Waals surface area (Å²) in [5.41, 5.74) is 2.04. The van der Waals surface area contributed by atoms with Gasteiger partial charge in [0, 0.05) is 12.7 Å². The average molecular weight is 183 g/mol. The van der Waals surface area contributed by atoms with Crippen molar-refractivity contribution >= 4 is 5.69 Å². The molecular weight excluding hydrogens is 170 g/mol. The Labute approximate surface area is 76.9 Å². The molecule has 0 atom stereocenters. The van der Waals surface area contributed by atoms with Crippen LogP contribution in [0.4, 0.5) is 5.69 Å². The highest BCUT2D eigenvalue weighted by molar-refractivity contribution is 5.51. The van der Waals surface area contributed by atoms with Crippen LogP contribution in [0.25, 0.3) is 0 Å². The third-order valence-corrected chi connectivity index (χ3v) is 1.76. The van der Waals surface area contributed by atoms with Gasteiger partial charge in [-0.25, -0.2) is 0 Å². The van der Waals surface area contributed by atoms with Crippen molar-refractivity contribution in [3.63, 3.8) is 0 Å². The third kappa shape index (κ3) is 2.42. The highest BCUT2D eigenvalue weighted by Crippen LogP contribution is 2.20. The van der Waals surface area contributed by atoms with Crippen molar-refractivity contribution in [1.82, 2.24) is 0 Å². The van der Waals surface area contributed by atoms with Crippen LogP contribution in [0.15, 0.2) is 18.2 Å². The Bertz CT molecular complexity index is 286. The molecule has 0 unspecified atom stereocenters. The molecule has 4 nitrogen and oxygen atoms in total. The Balaban J connectivity index is 3.03. The lowest BCUT2D eigenvalue weighted by molar-refractivity contribution is 0.0277. The maximum atomic E-state index is 8.89. The first-order valence-corrected chi connectivity index (χ1v) is 3.91. The van der Waals surface area contributed by atoms with Gasteiger partial charge in [-0.3, -0.25) is 10.4 Å². The third-order valence-electron chi connectivity index (χ3n) is 1.76. The van der Waals surface area contributed by atoms with Crippen LogP contribution >= 0.6 is 0 Å². The van der Waals surface area contributed by atoms with Gasteiger partial charge in [-0.15, -0.1) is 5.23 Å². The lowest BCUT2D eigenvalue weighted by Gasteiger charge is -2.13. The summed E-state index contributed by atoms with van der Waals surface area (Å²) >= 11 is 0. The average Bonchev–Trinajstić information content (AvgIpc) is 2.08. The number of aryl methyl sites for hydroxylation is 1. The summed E-state index contributed by atoms with van der Waals surface area (Å²) in [6.45, 7) is 2.23. The maximum absolute atomic E-state index is 8.89. The van der Waals surface area contributed by atoms with Crippen LogP contribution in [0.5, 0.6) is 0 Å². The van der Waals surface area contributed by atoms with E-state index in [1.54, 1.807) is 19.2 Å². The van der Waals surface area contributed by atoms with Crippen molar-refractivity contribution in [1.29, 1.82) is 0 Å². The molecule has 0 saturated carbocycles. The topological polar surface area (TPSA) is 52.9 Å². The van der Waals surface area contributed by atoms with Gasteiger partial charge in [-0.2, -0.15) is 0 Å². The number of rotatable bonds is 3. The van der Waals surface area contributed by atoms with Crippen molar-refractivity contribution in [2.75, 3.05) is 12.3 Å². The largest absolute Gasteiger partial charge is 0.380 e. The Kier molecular flexibility index (Phi) is 3.25. The lowest BCUT2D eigenvalue weighted by Crippen LogP contribution is -2.13. The van der Waals surface area contributed by atoms with Gasteiger partial charge in [0.2, 0.25) is 0 Å². The van der Waals surface area contributed by atoms with E-state index in [0.717, 1.165) is 11.1 Å². The van der Waals surface area contributed by atoms with E-state index in [1.165, 1.54) is 0 Å². The SMILES string of the molecule is COCc1ccc(C)cc1N(O)O. The fourth-order valence-corrected chi connectivity index (χ4v) is 1.14. The van der Waals surface area contributed by atoms with Crippen molar-refractivity contribution in [3.05, 3.63) is 29.3 Å². The van der Waals surface area contributed by atoms with E-state index in [1.807, 2.05) is 13.0 Å². The Morgan fingerprint density at radius 1 is 1.38 bits per heavy atom. The van der Waals surface area contributed by atoms with Gasteiger partial charge in [0.15, 0.2) is 0 Å². The van der Waals surface area contributed by atoms with Gasteiger partial charge in [0.25, 0.3) is 0 Å². The van der Waals surface area contributed by atoms with Gasteiger partial charge in [-0.1, -0.05) is 12.1 Å². The Morgan fingerprint density at radius 2 is 2.08 bits per heavy atom. The molecule has 0 fully saturated rings. The molecular formula is C9H13NO3. The molecule has 0 heterocycles. The molecule has 0 aromatic heterocycles. The van der Waals surface area contributed by atoms with Crippen LogP contribution in [-0.2, 0) is 11.3 Å². The molecule has 0 aliphatic carbocycles. The zero-order valence-corrected chi connectivity index (χ0v) is 7.69. The van der Waals surface area contributed by atoms with Crippen LogP contribution in [0, 0.1) is 6.92 Å². The number of methoxy groups -OCH3 is 1. The van der Waals surface area contributed by atoms with Crippen molar-refractivity contribution in [3.8, 4) is 0 Å². The van der Waals surface area contributed by atoms with Crippen LogP contribution < -0.4 is 5.23 Å². The molecule has 0 bridgehead atoms. The molecule has 0 aliphatic rings. The highest BCUT2D eigenvalue weighted by Gasteiger charge is 2.06. The number of nitrogens with zero attached hydrogens (tertiary/aromatic N) is 1. The number of benzene rings is 1. The van der Waals surface area contributed by atoms with Gasteiger partial charge in [0.1, 0.15) is 5.69 Å². The molecule has 0 aliphatic heterocycles. The number of hydrogen-bond donors (Lipinski definition) is 2. The molecule has 1 aromatic carbocycles. The smallest absolute Gasteiger partial charge is 0.100 e. The summed E-state index contributed by atoms with van der Waals surface area (Å²) in [5.74, 6) is 0. The zero-order chi connectivity index (χ0) is 9.84. The molecule has 0 spiro atoms. The minimum Gasteiger partial charge on any atom is -0.380 e. The van der Waals surface area contributed by atoms with Gasteiger partial charge in [0.05, 0.1) is 6.61 Å². The summed E-state index contributed by atoms with van der Waals surface area (Å²) in [6, 6.07) is 5.36. The van der Waals surface area contributed by atoms with Gasteiger partial charge < -0.3 is 4.74 Å². The minimum atomic E-state index is 0.112. The molecule has 4 heteroatoms. The first-order valence-electron chi connectivity index (χ1n) is 3.91. The molecule has 0 radical (unpaired) electrons. The Hall–Kier alpha value is -1.10. The summed E-state index contributed by atoms with van der Waals surface area (Å²) in [6.07, 6.45) is 0. The van der Waals surface area contributed by atoms with Crippen molar-refractivity contribution < 1.29 is 15.2 Å². The number of ether oxygens (including phenoxy) is 1. The second-order valence-electron chi connectivity index (χ2n) is 2.85. The van der Waals surface area contributed by atoms with Crippen molar-refractivity contribution in [2.45, 2.75) is 13.5 Å². The molecule has 72 valence electrons. The maximum Gasteiger partial charge on any atom is 0.100 e. The van der Waals surface area contributed by atoms with Gasteiger partial charge >= 0.3 is 0 Å². The van der Waals surface area contributed by atoms with E-state index in [0.29, 0.717) is 12.3 Å². The van der Waals surface area contributed by atoms with Crippen LogP contribution in [0.2, 0.25) is 0 Å². The second kappa shape index (κ2) is 4.23. The Morgan fingerprint density at radius 3 is 2.62 bits per heavy atom. The van der Waals surface area contributed by atoms with E-state index in [4.69, 9.17) is 15.2 Å². The fraction of sp³-hybridized carbons (Fsp3) is 0.333. The second-order valence-corrected chi connectivity index (χ2v) is 2.85. The summed E-state index contributed by atoms with van der Waals surface area (Å²) in [5, 5.41) is 17.9. The first-order chi connectivity index (χ1) is 6.15. The highest BCUT2D eigenvalue weighted by atomic mass is 16.8. The molecule has 0 amide bonds. The summed E-state index contributed by atoms with van der Waals surface area (Å²) in [4.78, 5) is 0.